The summed E-state index contributed by atoms with van der Waals surface area (Å²) in [7, 11) is 0. The Hall–Kier alpha value is -0.860. The van der Waals surface area contributed by atoms with Crippen LogP contribution in [-0.4, -0.2) is 18.8 Å². The van der Waals surface area contributed by atoms with Crippen LogP contribution in [-0.2, 0) is 11.2 Å². The topological polar surface area (TPSA) is 21.3 Å². The third kappa shape index (κ3) is 2.32. The Bertz CT molecular complexity index is 392. The zero-order valence-electron chi connectivity index (χ0n) is 11.2. The molecule has 98 valence electrons. The van der Waals surface area contributed by atoms with Gasteiger partial charge in [0.15, 0.2) is 0 Å². The second-order valence-electron chi connectivity index (χ2n) is 5.69. The first-order valence-electron chi connectivity index (χ1n) is 7.27. The van der Waals surface area contributed by atoms with E-state index in [9.17, 15) is 0 Å². The van der Waals surface area contributed by atoms with Crippen LogP contribution in [0.4, 0.5) is 0 Å². The summed E-state index contributed by atoms with van der Waals surface area (Å²) in [6.45, 7) is 4.25. The van der Waals surface area contributed by atoms with E-state index in [1.807, 2.05) is 0 Å². The molecule has 1 N–H and O–H groups in total. The largest absolute Gasteiger partial charge is 0.375 e. The number of benzene rings is 1. The number of hydrogen-bond acceptors (Lipinski definition) is 2. The molecule has 1 aromatic carbocycles. The fraction of sp³-hybridized carbons (Fsp3) is 0.625. The van der Waals surface area contributed by atoms with Crippen molar-refractivity contribution in [2.24, 2.45) is 0 Å². The molecule has 2 heterocycles. The fourth-order valence-electron chi connectivity index (χ4n) is 3.36. The highest BCUT2D eigenvalue weighted by Crippen LogP contribution is 2.39. The molecule has 3 rings (SSSR count). The number of rotatable bonds is 2. The van der Waals surface area contributed by atoms with Gasteiger partial charge in [0, 0.05) is 12.6 Å². The van der Waals surface area contributed by atoms with Gasteiger partial charge >= 0.3 is 0 Å². The van der Waals surface area contributed by atoms with Crippen molar-refractivity contribution in [1.29, 1.82) is 0 Å². The van der Waals surface area contributed by atoms with Gasteiger partial charge in [0.25, 0.3) is 0 Å². The first kappa shape index (κ1) is 12.2. The SMILES string of the molecule is CCc1ccc(C2CC3(CCCO3)CCN2)cc1. The third-order valence-electron chi connectivity index (χ3n) is 4.52. The molecule has 0 amide bonds. The van der Waals surface area contributed by atoms with Crippen molar-refractivity contribution in [3.05, 3.63) is 35.4 Å². The van der Waals surface area contributed by atoms with Gasteiger partial charge in [0.1, 0.15) is 0 Å². The highest BCUT2D eigenvalue weighted by molar-refractivity contribution is 5.26. The van der Waals surface area contributed by atoms with Crippen LogP contribution in [0.15, 0.2) is 24.3 Å². The lowest BCUT2D eigenvalue weighted by atomic mass is 9.83. The Morgan fingerprint density at radius 1 is 1.28 bits per heavy atom. The predicted octanol–water partition coefficient (Wildman–Crippen LogP) is 3.22. The van der Waals surface area contributed by atoms with Crippen LogP contribution in [0.5, 0.6) is 0 Å². The van der Waals surface area contributed by atoms with E-state index in [0.717, 1.165) is 26.0 Å². The van der Waals surface area contributed by atoms with Gasteiger partial charge in [0.2, 0.25) is 0 Å². The maximum Gasteiger partial charge on any atom is 0.0713 e. The average molecular weight is 245 g/mol. The molecule has 0 radical (unpaired) electrons. The molecule has 0 bridgehead atoms. The lowest BCUT2D eigenvalue weighted by Crippen LogP contribution is -2.43. The molecule has 2 aliphatic rings. The van der Waals surface area contributed by atoms with E-state index < -0.39 is 0 Å². The predicted molar refractivity (Wildman–Crippen MR) is 73.7 cm³/mol. The van der Waals surface area contributed by atoms with Gasteiger partial charge in [-0.2, -0.15) is 0 Å². The molecule has 1 aromatic rings. The minimum absolute atomic E-state index is 0.180. The average Bonchev–Trinajstić information content (AvgIpc) is 2.87. The Morgan fingerprint density at radius 3 is 2.78 bits per heavy atom. The zero-order chi connectivity index (χ0) is 12.4. The molecule has 0 saturated carbocycles. The number of piperidine rings is 1. The normalized spacial score (nSPS) is 31.9. The third-order valence-corrected chi connectivity index (χ3v) is 4.52. The smallest absolute Gasteiger partial charge is 0.0713 e. The van der Waals surface area contributed by atoms with E-state index in [1.165, 1.54) is 30.4 Å². The van der Waals surface area contributed by atoms with Crippen LogP contribution in [0.25, 0.3) is 0 Å². The summed E-state index contributed by atoms with van der Waals surface area (Å²) in [5, 5.41) is 3.64. The molecule has 2 nitrogen and oxygen atoms in total. The van der Waals surface area contributed by atoms with Gasteiger partial charge in [-0.25, -0.2) is 0 Å². The molecule has 2 saturated heterocycles. The van der Waals surface area contributed by atoms with Crippen molar-refractivity contribution in [3.63, 3.8) is 0 Å². The monoisotopic (exact) mass is 245 g/mol. The molecule has 2 aliphatic heterocycles. The van der Waals surface area contributed by atoms with Crippen molar-refractivity contribution in [1.82, 2.24) is 5.32 Å². The van der Waals surface area contributed by atoms with Crippen molar-refractivity contribution in [2.75, 3.05) is 13.2 Å². The van der Waals surface area contributed by atoms with Gasteiger partial charge < -0.3 is 10.1 Å². The summed E-state index contributed by atoms with van der Waals surface area (Å²) in [5.41, 5.74) is 3.02. The Morgan fingerprint density at radius 2 is 2.11 bits per heavy atom. The van der Waals surface area contributed by atoms with E-state index in [1.54, 1.807) is 0 Å². The molecule has 2 unspecified atom stereocenters. The zero-order valence-corrected chi connectivity index (χ0v) is 11.2. The van der Waals surface area contributed by atoms with Crippen molar-refractivity contribution >= 4 is 0 Å². The summed E-state index contributed by atoms with van der Waals surface area (Å²) in [6.07, 6.45) is 5.92. The Balaban J connectivity index is 1.74. The summed E-state index contributed by atoms with van der Waals surface area (Å²) in [4.78, 5) is 0. The molecular formula is C16H23NO. The maximum atomic E-state index is 6.04. The summed E-state index contributed by atoms with van der Waals surface area (Å²) >= 11 is 0. The van der Waals surface area contributed by atoms with Crippen LogP contribution in [0.1, 0.15) is 49.8 Å². The number of ether oxygens (including phenoxy) is 1. The van der Waals surface area contributed by atoms with Gasteiger partial charge in [-0.3, -0.25) is 0 Å². The Labute approximate surface area is 110 Å². The minimum atomic E-state index is 0.180. The van der Waals surface area contributed by atoms with Crippen LogP contribution in [0.3, 0.4) is 0 Å². The van der Waals surface area contributed by atoms with E-state index >= 15 is 0 Å². The molecule has 2 fully saturated rings. The molecule has 0 aliphatic carbocycles. The second-order valence-corrected chi connectivity index (χ2v) is 5.69. The first-order valence-corrected chi connectivity index (χ1v) is 7.27. The van der Waals surface area contributed by atoms with Crippen LogP contribution in [0.2, 0.25) is 0 Å². The molecule has 2 atom stereocenters. The number of aryl methyl sites for hydroxylation is 1. The van der Waals surface area contributed by atoms with Crippen molar-refractivity contribution in [2.45, 2.75) is 50.7 Å². The second kappa shape index (κ2) is 5.02. The lowest BCUT2D eigenvalue weighted by molar-refractivity contribution is -0.0310. The van der Waals surface area contributed by atoms with Gasteiger partial charge in [-0.1, -0.05) is 31.2 Å². The van der Waals surface area contributed by atoms with E-state index in [-0.39, 0.29) is 5.60 Å². The van der Waals surface area contributed by atoms with Crippen LogP contribution in [0, 0.1) is 0 Å². The van der Waals surface area contributed by atoms with E-state index in [2.05, 4.69) is 36.5 Å². The summed E-state index contributed by atoms with van der Waals surface area (Å²) < 4.78 is 6.04. The summed E-state index contributed by atoms with van der Waals surface area (Å²) in [5.74, 6) is 0. The molecule has 2 heteroatoms. The fourth-order valence-corrected chi connectivity index (χ4v) is 3.36. The van der Waals surface area contributed by atoms with Gasteiger partial charge in [-0.05, 0) is 49.8 Å². The lowest BCUT2D eigenvalue weighted by Gasteiger charge is -2.38. The summed E-state index contributed by atoms with van der Waals surface area (Å²) in [6, 6.07) is 9.55. The van der Waals surface area contributed by atoms with Crippen molar-refractivity contribution < 1.29 is 4.74 Å². The highest BCUT2D eigenvalue weighted by atomic mass is 16.5. The Kier molecular flexibility index (Phi) is 3.40. The standard InChI is InChI=1S/C16H23NO/c1-2-13-4-6-14(7-5-13)15-12-16(9-10-17-15)8-3-11-18-16/h4-7,15,17H,2-3,8-12H2,1H3. The van der Waals surface area contributed by atoms with Gasteiger partial charge in [0.05, 0.1) is 5.60 Å². The van der Waals surface area contributed by atoms with Gasteiger partial charge in [-0.15, -0.1) is 0 Å². The first-order chi connectivity index (χ1) is 8.81. The van der Waals surface area contributed by atoms with E-state index in [4.69, 9.17) is 4.74 Å². The molecule has 1 spiro atoms. The highest BCUT2D eigenvalue weighted by Gasteiger charge is 2.40. The minimum Gasteiger partial charge on any atom is -0.375 e. The number of hydrogen-bond donors (Lipinski definition) is 1. The van der Waals surface area contributed by atoms with E-state index in [0.29, 0.717) is 6.04 Å². The van der Waals surface area contributed by atoms with Crippen LogP contribution < -0.4 is 5.32 Å². The molecule has 0 aromatic heterocycles. The molecule has 18 heavy (non-hydrogen) atoms. The number of nitrogens with one attached hydrogen (secondary N) is 1. The van der Waals surface area contributed by atoms with Crippen molar-refractivity contribution in [3.8, 4) is 0 Å². The molecular weight excluding hydrogens is 222 g/mol. The van der Waals surface area contributed by atoms with Crippen LogP contribution >= 0.6 is 0 Å². The quantitative estimate of drug-likeness (QED) is 0.863. The maximum absolute atomic E-state index is 6.04.